The number of benzene rings is 3. The van der Waals surface area contributed by atoms with Crippen molar-refractivity contribution in [1.29, 1.82) is 0 Å². The van der Waals surface area contributed by atoms with Crippen molar-refractivity contribution in [1.82, 2.24) is 20.4 Å². The molecule has 3 aromatic carbocycles. The molecule has 4 saturated heterocycles. The normalized spacial score (nSPS) is 23.7. The van der Waals surface area contributed by atoms with Crippen LogP contribution in [0.3, 0.4) is 0 Å². The molecule has 2 unspecified atom stereocenters. The summed E-state index contributed by atoms with van der Waals surface area (Å²) in [5.41, 5.74) is 3.36. The van der Waals surface area contributed by atoms with Crippen LogP contribution in [0.5, 0.6) is 0 Å². The summed E-state index contributed by atoms with van der Waals surface area (Å²) in [6.07, 6.45) is 4.86. The third-order valence-electron chi connectivity index (χ3n) is 11.8. The highest BCUT2D eigenvalue weighted by Gasteiger charge is 2.43. The fraction of sp³-hybridized carbons (Fsp3) is 0.556. The van der Waals surface area contributed by atoms with E-state index in [2.05, 4.69) is 57.0 Å². The Hall–Kier alpha value is -4.14. The molecule has 294 valence electrons. The highest BCUT2D eigenvalue weighted by Crippen LogP contribution is 2.33. The number of aliphatic hydroxyl groups is 1. The Kier molecular flexibility index (Phi) is 11.8. The Morgan fingerprint density at radius 3 is 2.40 bits per heavy atom. The average molecular weight is 750 g/mol. The van der Waals surface area contributed by atoms with Gasteiger partial charge in [0.25, 0.3) is 5.91 Å². The first-order valence-electron chi connectivity index (χ1n) is 20.3. The van der Waals surface area contributed by atoms with Crippen LogP contribution in [0.4, 0.5) is 10.5 Å². The molecule has 4 fully saturated rings. The second-order valence-electron chi connectivity index (χ2n) is 17.3. The van der Waals surface area contributed by atoms with Gasteiger partial charge in [-0.25, -0.2) is 4.79 Å². The third-order valence-corrected chi connectivity index (χ3v) is 11.8. The molecule has 4 aliphatic heterocycles. The number of ether oxygens (including phenoxy) is 2. The number of anilines is 1. The largest absolute Gasteiger partial charge is 0.444 e. The zero-order chi connectivity index (χ0) is 38.7. The van der Waals surface area contributed by atoms with Gasteiger partial charge < -0.3 is 35.4 Å². The van der Waals surface area contributed by atoms with Crippen molar-refractivity contribution in [2.75, 3.05) is 51.3 Å². The molecular formula is C45H59N5O5. The first kappa shape index (κ1) is 39.1. The van der Waals surface area contributed by atoms with Crippen LogP contribution in [0, 0.1) is 24.7 Å². The molecule has 0 saturated carbocycles. The predicted molar refractivity (Wildman–Crippen MR) is 217 cm³/mol. The van der Waals surface area contributed by atoms with Crippen LogP contribution < -0.4 is 16.0 Å². The highest BCUT2D eigenvalue weighted by atomic mass is 16.6. The maximum Gasteiger partial charge on any atom is 0.410 e. The van der Waals surface area contributed by atoms with Gasteiger partial charge in [0.2, 0.25) is 0 Å². The van der Waals surface area contributed by atoms with E-state index < -0.39 is 11.2 Å². The lowest BCUT2D eigenvalue weighted by molar-refractivity contribution is -0.0803. The molecule has 0 radical (unpaired) electrons. The average Bonchev–Trinajstić information content (AvgIpc) is 3.14. The van der Waals surface area contributed by atoms with Gasteiger partial charge in [0, 0.05) is 35.3 Å². The van der Waals surface area contributed by atoms with Crippen LogP contribution >= 0.6 is 0 Å². The van der Waals surface area contributed by atoms with Crippen LogP contribution in [-0.2, 0) is 9.47 Å². The van der Waals surface area contributed by atoms with Gasteiger partial charge in [-0.2, -0.15) is 0 Å². The molecule has 3 aromatic rings. The van der Waals surface area contributed by atoms with E-state index in [1.54, 1.807) is 0 Å². The smallest absolute Gasteiger partial charge is 0.410 e. The fourth-order valence-corrected chi connectivity index (χ4v) is 8.88. The van der Waals surface area contributed by atoms with Crippen LogP contribution in [0.1, 0.15) is 99.3 Å². The summed E-state index contributed by atoms with van der Waals surface area (Å²) in [5.74, 6) is 7.31. The minimum absolute atomic E-state index is 0.0658. The zero-order valence-electron chi connectivity index (χ0n) is 33.2. The molecule has 0 aromatic heterocycles. The van der Waals surface area contributed by atoms with E-state index in [0.717, 1.165) is 104 Å². The molecule has 7 rings (SSSR count). The van der Waals surface area contributed by atoms with E-state index in [-0.39, 0.29) is 36.2 Å². The van der Waals surface area contributed by atoms with Crippen LogP contribution in [0.2, 0.25) is 0 Å². The Labute approximate surface area is 326 Å². The van der Waals surface area contributed by atoms with Crippen molar-refractivity contribution in [2.24, 2.45) is 5.92 Å². The van der Waals surface area contributed by atoms with Crippen molar-refractivity contribution in [3.63, 3.8) is 0 Å². The number of carbonyl (C=O) groups is 2. The lowest BCUT2D eigenvalue weighted by Crippen LogP contribution is -2.61. The van der Waals surface area contributed by atoms with Gasteiger partial charge in [-0.05, 0) is 139 Å². The molecule has 2 amide bonds. The van der Waals surface area contributed by atoms with Crippen LogP contribution in [0.15, 0.2) is 54.6 Å². The molecular weight excluding hydrogens is 691 g/mol. The van der Waals surface area contributed by atoms with Crippen molar-refractivity contribution in [2.45, 2.75) is 109 Å². The zero-order valence-corrected chi connectivity index (χ0v) is 33.2. The predicted octanol–water partition coefficient (Wildman–Crippen LogP) is 6.40. The summed E-state index contributed by atoms with van der Waals surface area (Å²) < 4.78 is 11.6. The van der Waals surface area contributed by atoms with Gasteiger partial charge in [0.15, 0.2) is 0 Å². The number of likely N-dealkylation sites (tertiary alicyclic amines) is 1. The Morgan fingerprint density at radius 2 is 1.71 bits per heavy atom. The molecule has 4 heterocycles. The summed E-state index contributed by atoms with van der Waals surface area (Å²) in [4.78, 5) is 31.2. The maximum atomic E-state index is 13.9. The van der Waals surface area contributed by atoms with Gasteiger partial charge in [0.05, 0.1) is 36.9 Å². The van der Waals surface area contributed by atoms with E-state index >= 15 is 0 Å². The minimum atomic E-state index is -0.568. The lowest BCUT2D eigenvalue weighted by atomic mass is 9.89. The third kappa shape index (κ3) is 9.46. The standard InChI is InChI=1S/C45H59N5O5/c1-30-10-14-34(48-35-24-36-27-54-28-37(25-35)50(36)43(52)55-44(3,4)5)26-41(30)42(51)47-31(2)38-15-13-33(39-8-6-7-9-40(38)39)12-11-32-16-22-49(23-17-32)29-45(53)18-20-46-21-19-45/h6-10,13-15,26,31-32,35-37,46,48,53H,16-25,27-29H2,1-5H3,(H,47,51)/t31-,35?,36?,37?/m1/s1. The number of carbonyl (C=O) groups excluding carboxylic acids is 2. The highest BCUT2D eigenvalue weighted by molar-refractivity contribution is 5.97. The number of fused-ring (bicyclic) bond motifs is 3. The number of aryl methyl sites for hydroxylation is 1. The molecule has 0 spiro atoms. The van der Waals surface area contributed by atoms with Crippen molar-refractivity contribution in [3.8, 4) is 11.8 Å². The molecule has 4 N–H and O–H groups in total. The number of amides is 2. The number of hydrogen-bond acceptors (Lipinski definition) is 8. The summed E-state index contributed by atoms with van der Waals surface area (Å²) in [6, 6.07) is 18.3. The number of piperidine rings is 3. The first-order chi connectivity index (χ1) is 26.3. The molecule has 10 nitrogen and oxygen atoms in total. The van der Waals surface area contributed by atoms with E-state index in [9.17, 15) is 14.7 Å². The van der Waals surface area contributed by atoms with Gasteiger partial charge >= 0.3 is 6.09 Å². The summed E-state index contributed by atoms with van der Waals surface area (Å²) in [7, 11) is 0. The van der Waals surface area contributed by atoms with Crippen LogP contribution in [-0.4, -0.2) is 102 Å². The van der Waals surface area contributed by atoms with Gasteiger partial charge in [0.1, 0.15) is 5.60 Å². The summed E-state index contributed by atoms with van der Waals surface area (Å²) in [6.45, 7) is 15.1. The quantitative estimate of drug-likeness (QED) is 0.206. The SMILES string of the molecule is Cc1ccc(NC2CC3COCC(C2)N3C(=O)OC(C)(C)C)cc1C(=O)N[C@H](C)c1ccc(C#CC2CCN(CC3(O)CCNCC3)CC2)c2ccccc12. The lowest BCUT2D eigenvalue weighted by Gasteiger charge is -2.48. The van der Waals surface area contributed by atoms with Gasteiger partial charge in [-0.15, -0.1) is 0 Å². The van der Waals surface area contributed by atoms with Crippen LogP contribution in [0.25, 0.3) is 10.8 Å². The number of hydrogen-bond donors (Lipinski definition) is 4. The van der Waals surface area contributed by atoms with Gasteiger partial charge in [-0.1, -0.05) is 48.2 Å². The minimum Gasteiger partial charge on any atom is -0.444 e. The second kappa shape index (κ2) is 16.5. The monoisotopic (exact) mass is 749 g/mol. The Balaban J connectivity index is 0.983. The number of morpholine rings is 1. The second-order valence-corrected chi connectivity index (χ2v) is 17.3. The fourth-order valence-electron chi connectivity index (χ4n) is 8.88. The summed E-state index contributed by atoms with van der Waals surface area (Å²) >= 11 is 0. The van der Waals surface area contributed by atoms with E-state index in [4.69, 9.17) is 9.47 Å². The molecule has 0 aliphatic carbocycles. The van der Waals surface area contributed by atoms with E-state index in [1.807, 2.05) is 69.9 Å². The summed E-state index contributed by atoms with van der Waals surface area (Å²) in [5, 5.41) is 23.5. The van der Waals surface area contributed by atoms with E-state index in [0.29, 0.717) is 24.7 Å². The number of nitrogens with one attached hydrogen (secondary N) is 3. The molecule has 3 atom stereocenters. The molecule has 2 bridgehead atoms. The molecule has 4 aliphatic rings. The maximum absolute atomic E-state index is 13.9. The first-order valence-corrected chi connectivity index (χ1v) is 20.3. The number of β-amino-alcohol motifs (C(OH)–C–C–N with tert-alkyl or cyclic N) is 1. The van der Waals surface area contributed by atoms with E-state index in [1.165, 1.54) is 0 Å². The molecule has 10 heteroatoms. The number of rotatable bonds is 7. The Bertz CT molecular complexity index is 1900. The topological polar surface area (TPSA) is 115 Å². The van der Waals surface area contributed by atoms with Crippen molar-refractivity contribution < 1.29 is 24.2 Å². The Morgan fingerprint density at radius 1 is 1.02 bits per heavy atom. The van der Waals surface area contributed by atoms with Gasteiger partial charge in [-0.3, -0.25) is 9.69 Å². The van der Waals surface area contributed by atoms with Crippen molar-refractivity contribution in [3.05, 3.63) is 76.9 Å². The number of nitrogens with zero attached hydrogens (tertiary/aromatic N) is 2. The molecule has 55 heavy (non-hydrogen) atoms. The van der Waals surface area contributed by atoms with Crippen molar-refractivity contribution >= 4 is 28.5 Å².